The highest BCUT2D eigenvalue weighted by atomic mass is 35.5. The Morgan fingerprint density at radius 3 is 2.57 bits per heavy atom. The summed E-state index contributed by atoms with van der Waals surface area (Å²) < 4.78 is 70.7. The molecule has 0 amide bonds. The molecule has 2 aliphatic rings. The van der Waals surface area contributed by atoms with E-state index in [1.807, 2.05) is 0 Å². The molecule has 1 heterocycles. The normalized spacial score (nSPS) is 18.4. The van der Waals surface area contributed by atoms with Crippen molar-refractivity contribution in [3.8, 4) is 11.5 Å². The minimum atomic E-state index is -4.36. The lowest BCUT2D eigenvalue weighted by molar-refractivity contribution is -0.515. The molecule has 254 valence electrons. The third kappa shape index (κ3) is 9.47. The molecule has 2 aromatic rings. The average Bonchev–Trinajstić information content (AvgIpc) is 3.73. The number of carbonyl (C=O) groups is 2. The van der Waals surface area contributed by atoms with Gasteiger partial charge in [0.15, 0.2) is 16.9 Å². The van der Waals surface area contributed by atoms with E-state index in [0.29, 0.717) is 5.48 Å². The highest BCUT2D eigenvalue weighted by Gasteiger charge is 2.42. The maximum atomic E-state index is 13.8. The van der Waals surface area contributed by atoms with Crippen LogP contribution >= 0.6 is 35.0 Å². The Bertz CT molecular complexity index is 1670. The summed E-state index contributed by atoms with van der Waals surface area (Å²) in [6.07, 6.45) is 2.61. The first-order valence-corrected chi connectivity index (χ1v) is 17.3. The summed E-state index contributed by atoms with van der Waals surface area (Å²) in [6, 6.07) is 8.68. The fourth-order valence-corrected chi connectivity index (χ4v) is 8.09. The first-order valence-electron chi connectivity index (χ1n) is 14.1. The van der Waals surface area contributed by atoms with Crippen LogP contribution in [0.3, 0.4) is 0 Å². The molecule has 1 saturated heterocycles. The van der Waals surface area contributed by atoms with Crippen LogP contribution in [0.4, 0.5) is 8.78 Å². The molecule has 1 unspecified atom stereocenters. The van der Waals surface area contributed by atoms with E-state index in [1.165, 1.54) is 42.5 Å². The fourth-order valence-electron chi connectivity index (χ4n) is 4.54. The molecule has 0 bridgehead atoms. The second kappa shape index (κ2) is 16.3. The number of rotatable bonds is 16. The third-order valence-electron chi connectivity index (χ3n) is 7.08. The van der Waals surface area contributed by atoms with Crippen LogP contribution in [0, 0.1) is 11.1 Å². The van der Waals surface area contributed by atoms with E-state index in [-0.39, 0.29) is 74.4 Å². The van der Waals surface area contributed by atoms with Gasteiger partial charge in [0.1, 0.15) is 12.3 Å². The van der Waals surface area contributed by atoms with Crippen LogP contribution in [0.25, 0.3) is 0 Å². The van der Waals surface area contributed by atoms with E-state index in [1.54, 1.807) is 0 Å². The second-order valence-electron chi connectivity index (χ2n) is 10.3. The summed E-state index contributed by atoms with van der Waals surface area (Å²) >= 11 is 13.7. The number of esters is 1. The summed E-state index contributed by atoms with van der Waals surface area (Å²) in [5.41, 5.74) is 0.554. The number of nitrogens with two attached hydrogens (primary N) is 1. The topological polar surface area (TPSA) is 159 Å². The van der Waals surface area contributed by atoms with Crippen molar-refractivity contribution >= 4 is 56.9 Å². The Morgan fingerprint density at radius 1 is 1.19 bits per heavy atom. The van der Waals surface area contributed by atoms with Crippen LogP contribution in [0.2, 0.25) is 0 Å². The zero-order valence-corrected chi connectivity index (χ0v) is 27.7. The van der Waals surface area contributed by atoms with Gasteiger partial charge < -0.3 is 30.0 Å². The van der Waals surface area contributed by atoms with Crippen molar-refractivity contribution in [1.82, 2.24) is 4.31 Å². The molecule has 0 spiro atoms. The van der Waals surface area contributed by atoms with Gasteiger partial charge in [-0.15, -0.1) is 11.8 Å². The molecular formula is C30H30Cl2F2N2O9S2. The molecule has 3 N–H and O–H groups in total. The minimum Gasteiger partial charge on any atom is -0.631 e. The predicted molar refractivity (Wildman–Crippen MR) is 171 cm³/mol. The zero-order chi connectivity index (χ0) is 34.3. The van der Waals surface area contributed by atoms with Crippen LogP contribution < -0.4 is 15.0 Å². The third-order valence-corrected chi connectivity index (χ3v) is 11.0. The van der Waals surface area contributed by atoms with Gasteiger partial charge in [-0.25, -0.2) is 18.0 Å². The van der Waals surface area contributed by atoms with Crippen molar-refractivity contribution < 1.29 is 51.6 Å². The Balaban J connectivity index is 1.71. The number of nitrogens with zero attached hydrogens (tertiary/aromatic N) is 1. The Kier molecular flexibility index (Phi) is 12.7. The molecule has 2 atom stereocenters. The lowest BCUT2D eigenvalue weighted by Gasteiger charge is -2.26. The predicted octanol–water partition coefficient (Wildman–Crippen LogP) is 5.33. The van der Waals surface area contributed by atoms with Crippen molar-refractivity contribution in [3.63, 3.8) is 0 Å². The molecule has 1 aliphatic heterocycles. The largest absolute Gasteiger partial charge is 0.631 e. The number of sulfonamides is 1. The first-order chi connectivity index (χ1) is 22.3. The molecule has 17 heteroatoms. The Morgan fingerprint density at radius 2 is 1.94 bits per heavy atom. The fraction of sp³-hybridized carbons (Fsp3) is 0.333. The van der Waals surface area contributed by atoms with Crippen molar-refractivity contribution in [1.29, 1.82) is 0 Å². The molecule has 0 radical (unpaired) electrons. The highest BCUT2D eigenvalue weighted by molar-refractivity contribution is 8.02. The first kappa shape index (κ1) is 36.7. The number of quaternary nitrogens is 1. The van der Waals surface area contributed by atoms with Gasteiger partial charge in [0.05, 0.1) is 22.1 Å². The van der Waals surface area contributed by atoms with Crippen molar-refractivity contribution in [2.45, 2.75) is 42.2 Å². The smallest absolute Gasteiger partial charge is 0.387 e. The van der Waals surface area contributed by atoms with E-state index in [0.717, 1.165) is 41.2 Å². The number of hydrogen-bond donors (Lipinski definition) is 2. The molecule has 1 aliphatic carbocycles. The summed E-state index contributed by atoms with van der Waals surface area (Å²) in [5.74, 6) is -2.12. The molecular weight excluding hydrogens is 705 g/mol. The lowest BCUT2D eigenvalue weighted by Crippen LogP contribution is -2.70. The Hall–Kier alpha value is -3.18. The summed E-state index contributed by atoms with van der Waals surface area (Å²) in [4.78, 5) is 24.9. The lowest BCUT2D eigenvalue weighted by atomic mass is 9.99. The van der Waals surface area contributed by atoms with E-state index in [9.17, 15) is 37.1 Å². The number of hydrogen-bond acceptors (Lipinski definition) is 9. The van der Waals surface area contributed by atoms with Crippen molar-refractivity contribution in [2.24, 2.45) is 5.92 Å². The SMILES string of the molecule is C=C/C(Cl)=C(C[C@H](OC(=O)C1SCCN1S(=O)(=O)c1cccc(C(=O)O)c1)c1ccc(OC(F)F)c(OCC2CC2)c1)\C(Cl)=C/[NH2+][O-]. The molecule has 47 heavy (non-hydrogen) atoms. The van der Waals surface area contributed by atoms with Crippen LogP contribution in [-0.2, 0) is 19.6 Å². The quantitative estimate of drug-likeness (QED) is 0.131. The number of carboxylic acid groups (broad SMARTS) is 1. The van der Waals surface area contributed by atoms with E-state index in [4.69, 9.17) is 32.7 Å². The standard InChI is InChI=1S/C30H30Cl2F2N2O9S2/c1-2-22(31)21(23(32)15-35-40)14-25(18-8-9-24(45-30(33)34)26(13-18)43-16-17-6-7-17)44-29(39)27-36(10-11-46-27)47(41,42)20-5-3-4-19(12-20)28(37)38/h2-5,8-9,12-13,15,17,25,27,30H,1,6-7,10-11,14,16,35H2,(H,37,38)/b22-21+,23-15+/t25-,27?/m0/s1. The molecule has 1 saturated carbocycles. The van der Waals surface area contributed by atoms with Gasteiger partial charge >= 0.3 is 18.6 Å². The summed E-state index contributed by atoms with van der Waals surface area (Å²) in [5, 5.41) is 19.1. The summed E-state index contributed by atoms with van der Waals surface area (Å²) in [7, 11) is -4.36. The van der Waals surface area contributed by atoms with E-state index in [2.05, 4.69) is 11.3 Å². The number of carboxylic acids is 1. The molecule has 4 rings (SSSR count). The average molecular weight is 736 g/mol. The number of alkyl halides is 2. The van der Waals surface area contributed by atoms with Crippen LogP contribution in [0.1, 0.15) is 41.3 Å². The number of carbonyl (C=O) groups excluding carboxylic acids is 1. The minimum absolute atomic E-state index is 0.0229. The van der Waals surface area contributed by atoms with Crippen molar-refractivity contribution in [2.75, 3.05) is 18.9 Å². The van der Waals surface area contributed by atoms with Gasteiger partial charge in [-0.1, -0.05) is 48.0 Å². The number of aromatic carboxylic acids is 1. The maximum Gasteiger partial charge on any atom is 0.387 e. The highest BCUT2D eigenvalue weighted by Crippen LogP contribution is 2.40. The molecule has 0 aromatic heterocycles. The molecule has 2 aromatic carbocycles. The van der Waals surface area contributed by atoms with Crippen LogP contribution in [-0.4, -0.2) is 60.7 Å². The van der Waals surface area contributed by atoms with E-state index >= 15 is 0 Å². The van der Waals surface area contributed by atoms with Gasteiger partial charge in [0, 0.05) is 23.8 Å². The van der Waals surface area contributed by atoms with Crippen LogP contribution in [0.15, 0.2) is 81.9 Å². The summed E-state index contributed by atoms with van der Waals surface area (Å²) in [6.45, 7) is 0.639. The number of ether oxygens (including phenoxy) is 3. The molecule has 2 fully saturated rings. The Labute approximate surface area is 283 Å². The number of benzene rings is 2. The maximum absolute atomic E-state index is 13.8. The van der Waals surface area contributed by atoms with Gasteiger partial charge in [0.2, 0.25) is 10.0 Å². The second-order valence-corrected chi connectivity index (χ2v) is 14.2. The van der Waals surface area contributed by atoms with Crippen molar-refractivity contribution in [3.05, 3.63) is 93.3 Å². The number of allylic oxidation sites excluding steroid dienone is 3. The van der Waals surface area contributed by atoms with Gasteiger partial charge in [-0.05, 0) is 60.2 Å². The van der Waals surface area contributed by atoms with Gasteiger partial charge in [-0.3, -0.25) is 0 Å². The van der Waals surface area contributed by atoms with Crippen LogP contribution in [0.5, 0.6) is 11.5 Å². The number of halogens is 4. The number of thioether (sulfide) groups is 1. The number of hydroxylamine groups is 1. The molecule has 11 nitrogen and oxygen atoms in total. The monoisotopic (exact) mass is 734 g/mol. The van der Waals surface area contributed by atoms with E-state index < -0.39 is 40.1 Å². The van der Waals surface area contributed by atoms with Gasteiger partial charge in [0.25, 0.3) is 0 Å². The zero-order valence-electron chi connectivity index (χ0n) is 24.5. The van der Waals surface area contributed by atoms with Gasteiger partial charge in [-0.2, -0.15) is 13.1 Å².